The number of hydrogen-bond acceptors (Lipinski definition) is 3. The van der Waals surface area contributed by atoms with Crippen LogP contribution in [0.5, 0.6) is 0 Å². The molecule has 0 saturated carbocycles. The highest BCUT2D eigenvalue weighted by molar-refractivity contribution is 5.95. The van der Waals surface area contributed by atoms with Gasteiger partial charge in [-0.2, -0.15) is 0 Å². The molecule has 22 heavy (non-hydrogen) atoms. The number of aliphatic hydroxyl groups is 1. The van der Waals surface area contributed by atoms with Gasteiger partial charge >= 0.3 is 0 Å². The summed E-state index contributed by atoms with van der Waals surface area (Å²) >= 11 is 0. The van der Waals surface area contributed by atoms with Crippen molar-refractivity contribution in [1.82, 2.24) is 9.88 Å². The van der Waals surface area contributed by atoms with Crippen LogP contribution in [0.1, 0.15) is 28.8 Å². The molecule has 3 rings (SSSR count). The molecule has 1 aliphatic heterocycles. The van der Waals surface area contributed by atoms with Gasteiger partial charge in [-0.3, -0.25) is 9.78 Å². The minimum atomic E-state index is -0.0597. The second kappa shape index (κ2) is 6.28. The molecule has 4 nitrogen and oxygen atoms in total. The Morgan fingerprint density at radius 3 is 2.77 bits per heavy atom. The fraction of sp³-hybridized carbons (Fsp3) is 0.333. The Hall–Kier alpha value is -2.20. The summed E-state index contributed by atoms with van der Waals surface area (Å²) in [6, 6.07) is 9.99. The minimum Gasteiger partial charge on any atom is -0.394 e. The van der Waals surface area contributed by atoms with Crippen LogP contribution in [0.2, 0.25) is 0 Å². The lowest BCUT2D eigenvalue weighted by atomic mass is 10.0. The monoisotopic (exact) mass is 296 g/mol. The molecule has 1 fully saturated rings. The van der Waals surface area contributed by atoms with E-state index in [1.807, 2.05) is 37.3 Å². The number of amides is 1. The van der Waals surface area contributed by atoms with E-state index in [1.165, 1.54) is 5.56 Å². The van der Waals surface area contributed by atoms with Crippen LogP contribution in [0.15, 0.2) is 42.7 Å². The van der Waals surface area contributed by atoms with Crippen molar-refractivity contribution < 1.29 is 9.90 Å². The van der Waals surface area contributed by atoms with Crippen LogP contribution in [0.3, 0.4) is 0 Å². The van der Waals surface area contributed by atoms with Gasteiger partial charge in [-0.1, -0.05) is 29.8 Å². The summed E-state index contributed by atoms with van der Waals surface area (Å²) in [7, 11) is 0. The predicted octanol–water partition coefficient (Wildman–Crippen LogP) is 2.65. The van der Waals surface area contributed by atoms with Gasteiger partial charge in [0.1, 0.15) is 0 Å². The first-order valence-electron chi connectivity index (χ1n) is 7.63. The summed E-state index contributed by atoms with van der Waals surface area (Å²) in [6.07, 6.45) is 5.19. The van der Waals surface area contributed by atoms with Gasteiger partial charge in [0.15, 0.2) is 0 Å². The molecule has 1 atom stereocenters. The van der Waals surface area contributed by atoms with E-state index >= 15 is 0 Å². The van der Waals surface area contributed by atoms with Gasteiger partial charge in [0.25, 0.3) is 5.91 Å². The van der Waals surface area contributed by atoms with E-state index < -0.39 is 0 Å². The smallest absolute Gasteiger partial charge is 0.255 e. The molecule has 1 aromatic carbocycles. The van der Waals surface area contributed by atoms with Crippen molar-refractivity contribution in [2.75, 3.05) is 13.2 Å². The van der Waals surface area contributed by atoms with E-state index in [1.54, 1.807) is 17.3 Å². The maximum Gasteiger partial charge on any atom is 0.255 e. The van der Waals surface area contributed by atoms with E-state index in [2.05, 4.69) is 4.98 Å². The Morgan fingerprint density at radius 1 is 1.27 bits per heavy atom. The Morgan fingerprint density at radius 2 is 2.05 bits per heavy atom. The van der Waals surface area contributed by atoms with E-state index in [4.69, 9.17) is 0 Å². The highest BCUT2D eigenvalue weighted by atomic mass is 16.3. The number of carbonyl (C=O) groups excluding carboxylic acids is 1. The number of benzene rings is 1. The average Bonchev–Trinajstić information content (AvgIpc) is 3.03. The van der Waals surface area contributed by atoms with Crippen molar-refractivity contribution in [3.05, 3.63) is 53.9 Å². The fourth-order valence-corrected chi connectivity index (χ4v) is 2.92. The average molecular weight is 296 g/mol. The molecule has 1 N–H and O–H groups in total. The van der Waals surface area contributed by atoms with E-state index in [9.17, 15) is 9.90 Å². The first-order chi connectivity index (χ1) is 10.7. The second-order valence-electron chi connectivity index (χ2n) is 5.81. The van der Waals surface area contributed by atoms with E-state index in [0.29, 0.717) is 12.1 Å². The van der Waals surface area contributed by atoms with Gasteiger partial charge in [0.05, 0.1) is 18.2 Å². The van der Waals surface area contributed by atoms with Crippen LogP contribution in [-0.4, -0.2) is 40.1 Å². The minimum absolute atomic E-state index is 0.0246. The Bertz CT molecular complexity index is 667. The lowest BCUT2D eigenvalue weighted by Gasteiger charge is -2.23. The number of pyridine rings is 1. The van der Waals surface area contributed by atoms with Crippen molar-refractivity contribution >= 4 is 5.91 Å². The number of nitrogens with zero attached hydrogens (tertiary/aromatic N) is 2. The third kappa shape index (κ3) is 2.88. The third-order valence-electron chi connectivity index (χ3n) is 4.22. The summed E-state index contributed by atoms with van der Waals surface area (Å²) in [5, 5.41) is 9.38. The molecule has 1 saturated heterocycles. The lowest BCUT2D eigenvalue weighted by molar-refractivity contribution is 0.0677. The molecule has 2 aromatic rings. The summed E-state index contributed by atoms with van der Waals surface area (Å²) < 4.78 is 0. The standard InChI is InChI=1S/C18H20N2O2/c1-13-4-6-14(7-5-13)15-9-16(11-19-10-15)18(22)20-8-2-3-17(20)12-21/h4-7,9-11,17,21H,2-3,8,12H2,1H3/t17-/m1/s1. The quantitative estimate of drug-likeness (QED) is 0.947. The fourth-order valence-electron chi connectivity index (χ4n) is 2.92. The number of rotatable bonds is 3. The first-order valence-corrected chi connectivity index (χ1v) is 7.63. The molecule has 1 aliphatic rings. The highest BCUT2D eigenvalue weighted by Crippen LogP contribution is 2.23. The number of carbonyl (C=O) groups is 1. The number of aryl methyl sites for hydroxylation is 1. The molecule has 114 valence electrons. The number of aliphatic hydroxyl groups excluding tert-OH is 1. The zero-order chi connectivity index (χ0) is 15.5. The molecule has 0 bridgehead atoms. The SMILES string of the molecule is Cc1ccc(-c2cncc(C(=O)N3CCC[C@@H]3CO)c2)cc1. The van der Waals surface area contributed by atoms with E-state index in [0.717, 1.165) is 24.0 Å². The van der Waals surface area contributed by atoms with Crippen LogP contribution in [-0.2, 0) is 0 Å². The largest absolute Gasteiger partial charge is 0.394 e. The summed E-state index contributed by atoms with van der Waals surface area (Å²) in [5.41, 5.74) is 3.77. The van der Waals surface area contributed by atoms with Crippen LogP contribution in [0.4, 0.5) is 0 Å². The molecule has 4 heteroatoms. The highest BCUT2D eigenvalue weighted by Gasteiger charge is 2.28. The van der Waals surface area contributed by atoms with Crippen LogP contribution < -0.4 is 0 Å². The molecular formula is C18H20N2O2. The lowest BCUT2D eigenvalue weighted by Crippen LogP contribution is -2.37. The van der Waals surface area contributed by atoms with Crippen molar-refractivity contribution in [2.45, 2.75) is 25.8 Å². The Balaban J connectivity index is 1.87. The first kappa shape index (κ1) is 14.7. The van der Waals surface area contributed by atoms with Crippen molar-refractivity contribution in [3.63, 3.8) is 0 Å². The summed E-state index contributed by atoms with van der Waals surface area (Å²) in [4.78, 5) is 18.6. The van der Waals surface area contributed by atoms with Crippen molar-refractivity contribution in [3.8, 4) is 11.1 Å². The second-order valence-corrected chi connectivity index (χ2v) is 5.81. The topological polar surface area (TPSA) is 53.4 Å². The maximum absolute atomic E-state index is 12.6. The van der Waals surface area contributed by atoms with Gasteiger partial charge in [-0.15, -0.1) is 0 Å². The zero-order valence-electron chi connectivity index (χ0n) is 12.7. The van der Waals surface area contributed by atoms with Gasteiger partial charge in [0.2, 0.25) is 0 Å². The van der Waals surface area contributed by atoms with Gasteiger partial charge in [0, 0.05) is 24.5 Å². The summed E-state index contributed by atoms with van der Waals surface area (Å²) in [5.74, 6) is -0.0435. The van der Waals surface area contributed by atoms with Crippen molar-refractivity contribution in [2.24, 2.45) is 0 Å². The zero-order valence-corrected chi connectivity index (χ0v) is 12.7. The third-order valence-corrected chi connectivity index (χ3v) is 4.22. The van der Waals surface area contributed by atoms with Crippen LogP contribution in [0, 0.1) is 6.92 Å². The maximum atomic E-state index is 12.6. The molecule has 0 radical (unpaired) electrons. The number of aromatic nitrogens is 1. The molecular weight excluding hydrogens is 276 g/mol. The van der Waals surface area contributed by atoms with Gasteiger partial charge < -0.3 is 10.0 Å². The predicted molar refractivity (Wildman–Crippen MR) is 85.6 cm³/mol. The summed E-state index contributed by atoms with van der Waals surface area (Å²) in [6.45, 7) is 2.78. The Labute approximate surface area is 130 Å². The normalized spacial score (nSPS) is 17.7. The number of likely N-dealkylation sites (tertiary alicyclic amines) is 1. The van der Waals surface area contributed by atoms with Gasteiger partial charge in [-0.25, -0.2) is 0 Å². The molecule has 1 amide bonds. The van der Waals surface area contributed by atoms with Crippen molar-refractivity contribution in [1.29, 1.82) is 0 Å². The molecule has 0 unspecified atom stereocenters. The molecule has 0 aliphatic carbocycles. The van der Waals surface area contributed by atoms with Gasteiger partial charge in [-0.05, 0) is 31.4 Å². The molecule has 0 spiro atoms. The van der Waals surface area contributed by atoms with Crippen LogP contribution in [0.25, 0.3) is 11.1 Å². The number of hydrogen-bond donors (Lipinski definition) is 1. The molecule has 2 heterocycles. The Kier molecular flexibility index (Phi) is 4.20. The van der Waals surface area contributed by atoms with Crippen LogP contribution >= 0.6 is 0 Å². The molecule has 1 aromatic heterocycles. The van der Waals surface area contributed by atoms with E-state index in [-0.39, 0.29) is 18.6 Å².